The maximum absolute atomic E-state index is 12.6. The van der Waals surface area contributed by atoms with Crippen molar-refractivity contribution in [1.29, 1.82) is 0 Å². The molecule has 0 aliphatic carbocycles. The van der Waals surface area contributed by atoms with Gasteiger partial charge in [0.2, 0.25) is 11.8 Å². The van der Waals surface area contributed by atoms with Crippen LogP contribution >= 0.6 is 12.2 Å². The smallest absolute Gasteiger partial charge is 0.227 e. The van der Waals surface area contributed by atoms with Crippen molar-refractivity contribution in [3.05, 3.63) is 41.4 Å². The number of carbonyl (C=O) groups is 2. The van der Waals surface area contributed by atoms with Crippen molar-refractivity contribution in [3.8, 4) is 5.69 Å². The predicted octanol–water partition coefficient (Wildman–Crippen LogP) is 3.51. The molecule has 3 rings (SSSR count). The van der Waals surface area contributed by atoms with E-state index in [-0.39, 0.29) is 17.7 Å². The SMILES string of the molecule is CCCC(=O)N1CCC(C(=O)Nc2cccc(-n3cc[nH]c3=S)c2)CC1. The van der Waals surface area contributed by atoms with Crippen molar-refractivity contribution in [2.24, 2.45) is 5.92 Å². The lowest BCUT2D eigenvalue weighted by atomic mass is 9.95. The molecule has 2 aromatic rings. The van der Waals surface area contributed by atoms with E-state index in [9.17, 15) is 9.59 Å². The zero-order chi connectivity index (χ0) is 18.5. The van der Waals surface area contributed by atoms with Crippen LogP contribution in [-0.4, -0.2) is 39.4 Å². The van der Waals surface area contributed by atoms with Gasteiger partial charge in [-0.1, -0.05) is 13.0 Å². The first-order valence-electron chi connectivity index (χ1n) is 9.03. The van der Waals surface area contributed by atoms with E-state index in [0.717, 1.165) is 17.8 Å². The molecule has 2 N–H and O–H groups in total. The Balaban J connectivity index is 1.60. The molecular weight excluding hydrogens is 348 g/mol. The van der Waals surface area contributed by atoms with Crippen LogP contribution < -0.4 is 5.32 Å². The van der Waals surface area contributed by atoms with Crippen molar-refractivity contribution < 1.29 is 9.59 Å². The number of imidazole rings is 1. The summed E-state index contributed by atoms with van der Waals surface area (Å²) in [7, 11) is 0. The van der Waals surface area contributed by atoms with Gasteiger partial charge in [-0.05, 0) is 49.7 Å². The Kier molecular flexibility index (Phi) is 5.88. The number of anilines is 1. The van der Waals surface area contributed by atoms with Gasteiger partial charge in [-0.15, -0.1) is 0 Å². The molecule has 6 nitrogen and oxygen atoms in total. The molecule has 0 bridgehead atoms. The molecule has 0 atom stereocenters. The van der Waals surface area contributed by atoms with Crippen LogP contribution in [0.1, 0.15) is 32.6 Å². The summed E-state index contributed by atoms with van der Waals surface area (Å²) in [6.07, 6.45) is 6.51. The number of rotatable bonds is 5. The normalized spacial score (nSPS) is 15.0. The Hall–Kier alpha value is -2.41. The van der Waals surface area contributed by atoms with Gasteiger partial charge in [-0.3, -0.25) is 14.2 Å². The Bertz CT molecular complexity index is 834. The summed E-state index contributed by atoms with van der Waals surface area (Å²) in [6, 6.07) is 7.61. The summed E-state index contributed by atoms with van der Waals surface area (Å²) in [5.74, 6) is 0.156. The highest BCUT2D eigenvalue weighted by molar-refractivity contribution is 7.71. The number of likely N-dealkylation sites (tertiary alicyclic amines) is 1. The van der Waals surface area contributed by atoms with E-state index in [2.05, 4.69) is 10.3 Å². The van der Waals surface area contributed by atoms with Gasteiger partial charge < -0.3 is 15.2 Å². The molecule has 1 aromatic heterocycles. The highest BCUT2D eigenvalue weighted by atomic mass is 32.1. The average Bonchev–Trinajstić information content (AvgIpc) is 3.08. The summed E-state index contributed by atoms with van der Waals surface area (Å²) in [5.41, 5.74) is 1.65. The lowest BCUT2D eigenvalue weighted by molar-refractivity contribution is -0.134. The second-order valence-electron chi connectivity index (χ2n) is 6.58. The quantitative estimate of drug-likeness (QED) is 0.789. The molecule has 26 heavy (non-hydrogen) atoms. The highest BCUT2D eigenvalue weighted by Gasteiger charge is 2.27. The van der Waals surface area contributed by atoms with E-state index >= 15 is 0 Å². The fourth-order valence-electron chi connectivity index (χ4n) is 3.26. The number of amides is 2. The Morgan fingerprint density at radius 2 is 2.08 bits per heavy atom. The first-order valence-corrected chi connectivity index (χ1v) is 9.44. The number of piperidine rings is 1. The minimum absolute atomic E-state index is 0.0161. The third-order valence-electron chi connectivity index (χ3n) is 4.72. The van der Waals surface area contributed by atoms with Crippen LogP contribution in [0.4, 0.5) is 5.69 Å². The van der Waals surface area contributed by atoms with E-state index < -0.39 is 0 Å². The number of nitrogens with one attached hydrogen (secondary N) is 2. The minimum Gasteiger partial charge on any atom is -0.343 e. The van der Waals surface area contributed by atoms with Gasteiger partial charge in [0.15, 0.2) is 4.77 Å². The van der Waals surface area contributed by atoms with Gasteiger partial charge in [0.05, 0.1) is 0 Å². The molecule has 138 valence electrons. The van der Waals surface area contributed by atoms with E-state index in [1.807, 2.05) is 46.9 Å². The van der Waals surface area contributed by atoms with E-state index in [4.69, 9.17) is 12.2 Å². The molecule has 0 radical (unpaired) electrons. The zero-order valence-electron chi connectivity index (χ0n) is 14.9. The van der Waals surface area contributed by atoms with Crippen LogP contribution in [0.5, 0.6) is 0 Å². The molecule has 0 saturated carbocycles. The number of benzene rings is 1. The number of aromatic amines is 1. The van der Waals surface area contributed by atoms with Crippen molar-refractivity contribution in [3.63, 3.8) is 0 Å². The van der Waals surface area contributed by atoms with Crippen molar-refractivity contribution >= 4 is 29.7 Å². The molecule has 2 heterocycles. The monoisotopic (exact) mass is 372 g/mol. The van der Waals surface area contributed by atoms with Crippen LogP contribution in [-0.2, 0) is 9.59 Å². The second kappa shape index (κ2) is 8.31. The van der Waals surface area contributed by atoms with Crippen LogP contribution in [0.2, 0.25) is 0 Å². The van der Waals surface area contributed by atoms with Gasteiger partial charge in [-0.2, -0.15) is 0 Å². The number of hydrogen-bond acceptors (Lipinski definition) is 3. The van der Waals surface area contributed by atoms with Gasteiger partial charge >= 0.3 is 0 Å². The van der Waals surface area contributed by atoms with Crippen molar-refractivity contribution in [2.75, 3.05) is 18.4 Å². The van der Waals surface area contributed by atoms with Crippen molar-refractivity contribution in [1.82, 2.24) is 14.5 Å². The van der Waals surface area contributed by atoms with Crippen LogP contribution in [0.25, 0.3) is 5.69 Å². The first-order chi connectivity index (χ1) is 12.6. The first kappa shape index (κ1) is 18.4. The van der Waals surface area contributed by atoms with Crippen LogP contribution in [0.3, 0.4) is 0 Å². The zero-order valence-corrected chi connectivity index (χ0v) is 15.7. The van der Waals surface area contributed by atoms with Crippen LogP contribution in [0, 0.1) is 10.7 Å². The van der Waals surface area contributed by atoms with Gasteiger partial charge in [0.1, 0.15) is 0 Å². The maximum atomic E-state index is 12.6. The second-order valence-corrected chi connectivity index (χ2v) is 6.97. The molecule has 0 unspecified atom stereocenters. The molecule has 1 aromatic carbocycles. The highest BCUT2D eigenvalue weighted by Crippen LogP contribution is 2.21. The number of aromatic nitrogens is 2. The lowest BCUT2D eigenvalue weighted by Crippen LogP contribution is -2.41. The van der Waals surface area contributed by atoms with E-state index in [1.54, 1.807) is 6.20 Å². The summed E-state index contributed by atoms with van der Waals surface area (Å²) in [5, 5.41) is 3.00. The lowest BCUT2D eigenvalue weighted by Gasteiger charge is -2.31. The molecule has 1 fully saturated rings. The fourth-order valence-corrected chi connectivity index (χ4v) is 3.50. The number of hydrogen-bond donors (Lipinski definition) is 2. The molecule has 7 heteroatoms. The topological polar surface area (TPSA) is 70.1 Å². The number of nitrogens with zero attached hydrogens (tertiary/aromatic N) is 2. The predicted molar refractivity (Wildman–Crippen MR) is 104 cm³/mol. The molecule has 1 saturated heterocycles. The summed E-state index contributed by atoms with van der Waals surface area (Å²) < 4.78 is 2.46. The Morgan fingerprint density at radius 1 is 1.31 bits per heavy atom. The van der Waals surface area contributed by atoms with Gasteiger partial charge in [0.25, 0.3) is 0 Å². The Morgan fingerprint density at radius 3 is 2.73 bits per heavy atom. The molecule has 2 amide bonds. The third kappa shape index (κ3) is 4.22. The third-order valence-corrected chi connectivity index (χ3v) is 5.04. The van der Waals surface area contributed by atoms with Gasteiger partial charge in [-0.25, -0.2) is 0 Å². The van der Waals surface area contributed by atoms with Crippen LogP contribution in [0.15, 0.2) is 36.7 Å². The van der Waals surface area contributed by atoms with Gasteiger partial charge in [0, 0.05) is 49.2 Å². The fraction of sp³-hybridized carbons (Fsp3) is 0.421. The largest absolute Gasteiger partial charge is 0.343 e. The average molecular weight is 372 g/mol. The maximum Gasteiger partial charge on any atom is 0.227 e. The molecule has 0 spiro atoms. The van der Waals surface area contributed by atoms with E-state index in [1.165, 1.54) is 0 Å². The number of H-pyrrole nitrogens is 1. The number of carbonyl (C=O) groups excluding carboxylic acids is 2. The molecule has 1 aliphatic rings. The summed E-state index contributed by atoms with van der Waals surface area (Å²) >= 11 is 5.24. The summed E-state index contributed by atoms with van der Waals surface area (Å²) in [4.78, 5) is 29.4. The Labute approximate surface area is 158 Å². The molecule has 1 aliphatic heterocycles. The molecular formula is C19H24N4O2S. The standard InChI is InChI=1S/C19H24N4O2S/c1-2-4-17(24)22-10-7-14(8-11-22)18(25)21-15-5-3-6-16(13-15)23-12-9-20-19(23)26/h3,5-6,9,12-14H,2,4,7-8,10-11H2,1H3,(H,20,26)(H,21,25). The van der Waals surface area contributed by atoms with Crippen molar-refractivity contribution in [2.45, 2.75) is 32.6 Å². The summed E-state index contributed by atoms with van der Waals surface area (Å²) in [6.45, 7) is 3.33. The van der Waals surface area contributed by atoms with E-state index in [0.29, 0.717) is 37.1 Å². The minimum atomic E-state index is -0.0567.